The van der Waals surface area contributed by atoms with Gasteiger partial charge >= 0.3 is 0 Å². The minimum Gasteiger partial charge on any atom is -0.378 e. The van der Waals surface area contributed by atoms with Crippen molar-refractivity contribution in [3.8, 4) is 0 Å². The summed E-state index contributed by atoms with van der Waals surface area (Å²) >= 11 is 0. The normalized spacial score (nSPS) is 20.3. The molecule has 0 saturated carbocycles. The van der Waals surface area contributed by atoms with E-state index in [0.29, 0.717) is 11.5 Å². The third-order valence-corrected chi connectivity index (χ3v) is 6.30. The number of benzene rings is 1. The van der Waals surface area contributed by atoms with E-state index in [0.717, 1.165) is 80.8 Å². The Morgan fingerprint density at radius 3 is 2.70 bits per heavy atom. The number of carbonyl (C=O) groups is 1. The van der Waals surface area contributed by atoms with E-state index in [1.165, 1.54) is 11.3 Å². The molecule has 0 radical (unpaired) electrons. The second-order valence-corrected chi connectivity index (χ2v) is 8.20. The number of nitrogens with zero attached hydrogens (tertiary/aromatic N) is 3. The fourth-order valence-corrected chi connectivity index (χ4v) is 4.56. The molecule has 4 rings (SSSR count). The number of aromatic nitrogens is 1. The molecule has 1 saturated heterocycles. The van der Waals surface area contributed by atoms with Crippen LogP contribution in [0.1, 0.15) is 49.9 Å². The maximum atomic E-state index is 12.2. The van der Waals surface area contributed by atoms with E-state index in [9.17, 15) is 4.79 Å². The van der Waals surface area contributed by atoms with Gasteiger partial charge < -0.3 is 9.64 Å². The number of fused-ring (bicyclic) bond motifs is 1. The van der Waals surface area contributed by atoms with Gasteiger partial charge in [0.15, 0.2) is 12.1 Å². The predicted molar refractivity (Wildman–Crippen MR) is 124 cm³/mol. The van der Waals surface area contributed by atoms with E-state index in [2.05, 4.69) is 42.0 Å². The van der Waals surface area contributed by atoms with Gasteiger partial charge in [-0.3, -0.25) is 9.36 Å². The fourth-order valence-electron chi connectivity index (χ4n) is 4.56. The Bertz CT molecular complexity index is 1010. The Morgan fingerprint density at radius 2 is 2.07 bits per heavy atom. The van der Waals surface area contributed by atoms with Crippen molar-refractivity contribution in [2.24, 2.45) is 10.9 Å². The summed E-state index contributed by atoms with van der Waals surface area (Å²) in [7, 11) is 0. The lowest BCUT2D eigenvalue weighted by molar-refractivity contribution is 0.0673. The minimum atomic E-state index is 0.535. The van der Waals surface area contributed by atoms with Crippen LogP contribution in [0.15, 0.2) is 47.5 Å². The van der Waals surface area contributed by atoms with Gasteiger partial charge in [-0.25, -0.2) is 4.99 Å². The molecule has 1 atom stereocenters. The summed E-state index contributed by atoms with van der Waals surface area (Å²) in [5.74, 6) is 2.31. The number of allylic oxidation sites excluding steroid dienone is 3. The summed E-state index contributed by atoms with van der Waals surface area (Å²) < 4.78 is 7.72. The second-order valence-electron chi connectivity index (χ2n) is 8.20. The average molecular weight is 406 g/mol. The van der Waals surface area contributed by atoms with E-state index in [1.54, 1.807) is 0 Å². The van der Waals surface area contributed by atoms with Crippen LogP contribution in [0.5, 0.6) is 0 Å². The molecular formula is C25H31N3O2. The van der Waals surface area contributed by atoms with Crippen LogP contribution in [0.3, 0.4) is 0 Å². The molecule has 2 heterocycles. The highest BCUT2D eigenvalue weighted by Gasteiger charge is 2.24. The molecular weight excluding hydrogens is 374 g/mol. The van der Waals surface area contributed by atoms with Gasteiger partial charge in [-0.2, -0.15) is 0 Å². The first kappa shape index (κ1) is 20.6. The maximum absolute atomic E-state index is 12.2. The average Bonchev–Trinajstić information content (AvgIpc) is 3.11. The van der Waals surface area contributed by atoms with E-state index in [-0.39, 0.29) is 0 Å². The van der Waals surface area contributed by atoms with Crippen molar-refractivity contribution < 1.29 is 9.53 Å². The van der Waals surface area contributed by atoms with Crippen molar-refractivity contribution in [1.29, 1.82) is 0 Å². The number of aliphatic imine (C=N–C) groups is 1. The minimum absolute atomic E-state index is 0.535. The van der Waals surface area contributed by atoms with Gasteiger partial charge in [0.1, 0.15) is 5.84 Å². The Labute approximate surface area is 178 Å². The molecule has 2 aliphatic rings. The van der Waals surface area contributed by atoms with Gasteiger partial charge in [0, 0.05) is 30.6 Å². The molecule has 5 heteroatoms. The molecule has 1 aromatic heterocycles. The molecule has 1 unspecified atom stereocenters. The molecule has 0 amide bonds. The lowest BCUT2D eigenvalue weighted by Crippen LogP contribution is -2.40. The van der Waals surface area contributed by atoms with E-state index in [1.807, 2.05) is 18.2 Å². The zero-order valence-electron chi connectivity index (χ0n) is 18.1. The van der Waals surface area contributed by atoms with Crippen LogP contribution in [0, 0.1) is 5.92 Å². The van der Waals surface area contributed by atoms with Crippen LogP contribution in [0.25, 0.3) is 16.6 Å². The lowest BCUT2D eigenvalue weighted by atomic mass is 9.87. The Balaban J connectivity index is 1.86. The quantitative estimate of drug-likeness (QED) is 0.288. The molecule has 1 fully saturated rings. The molecule has 1 aromatic carbocycles. The third-order valence-electron chi connectivity index (χ3n) is 6.30. The molecule has 158 valence electrons. The summed E-state index contributed by atoms with van der Waals surface area (Å²) in [6, 6.07) is 8.13. The van der Waals surface area contributed by atoms with Crippen LogP contribution in [0.2, 0.25) is 0 Å². The number of para-hydroxylation sites is 1. The summed E-state index contributed by atoms with van der Waals surface area (Å²) in [4.78, 5) is 19.6. The van der Waals surface area contributed by atoms with Crippen molar-refractivity contribution in [3.63, 3.8) is 0 Å². The zero-order chi connectivity index (χ0) is 21.1. The fraction of sp³-hybridized carbons (Fsp3) is 0.440. The van der Waals surface area contributed by atoms with Crippen molar-refractivity contribution in [2.45, 2.75) is 39.5 Å². The number of hydrogen-bond donors (Lipinski definition) is 0. The van der Waals surface area contributed by atoms with Crippen LogP contribution in [0.4, 0.5) is 5.82 Å². The first-order valence-corrected chi connectivity index (χ1v) is 11.0. The number of hydrogen-bond acceptors (Lipinski definition) is 3. The van der Waals surface area contributed by atoms with Gasteiger partial charge in [-0.05, 0) is 38.2 Å². The molecule has 1 aliphatic carbocycles. The van der Waals surface area contributed by atoms with Crippen molar-refractivity contribution in [2.75, 3.05) is 26.3 Å². The van der Waals surface area contributed by atoms with Crippen LogP contribution >= 0.6 is 0 Å². The largest absolute Gasteiger partial charge is 0.378 e. The van der Waals surface area contributed by atoms with Crippen LogP contribution < -0.4 is 0 Å². The smallest absolute Gasteiger partial charge is 0.154 e. The van der Waals surface area contributed by atoms with E-state index >= 15 is 0 Å². The molecule has 1 aliphatic heterocycles. The highest BCUT2D eigenvalue weighted by atomic mass is 16.5. The van der Waals surface area contributed by atoms with Crippen molar-refractivity contribution >= 4 is 34.5 Å². The number of morpholine rings is 1. The monoisotopic (exact) mass is 405 g/mol. The number of ether oxygens (including phenoxy) is 1. The number of rotatable bonds is 5. The zero-order valence-corrected chi connectivity index (χ0v) is 18.1. The lowest BCUT2D eigenvalue weighted by Gasteiger charge is -2.30. The SMILES string of the molecule is C=C(C)C1CC=C(n2c(/N=C(\CC)N3CCOCC3)c(C=O)c3ccccc32)CC1. The first-order valence-electron chi connectivity index (χ1n) is 11.0. The maximum Gasteiger partial charge on any atom is 0.154 e. The van der Waals surface area contributed by atoms with Gasteiger partial charge in [-0.1, -0.05) is 43.4 Å². The Hall–Kier alpha value is -2.66. The first-order chi connectivity index (χ1) is 14.6. The van der Waals surface area contributed by atoms with Crippen molar-refractivity contribution in [3.05, 3.63) is 48.1 Å². The molecule has 30 heavy (non-hydrogen) atoms. The summed E-state index contributed by atoms with van der Waals surface area (Å²) in [6.45, 7) is 11.5. The van der Waals surface area contributed by atoms with Crippen LogP contribution in [-0.2, 0) is 4.74 Å². The van der Waals surface area contributed by atoms with Crippen LogP contribution in [-0.4, -0.2) is 47.9 Å². The highest BCUT2D eigenvalue weighted by molar-refractivity contribution is 6.06. The summed E-state index contributed by atoms with van der Waals surface area (Å²) in [5, 5.41) is 0.964. The Kier molecular flexibility index (Phi) is 6.18. The topological polar surface area (TPSA) is 46.8 Å². The Morgan fingerprint density at radius 1 is 1.30 bits per heavy atom. The second kappa shape index (κ2) is 9.00. The van der Waals surface area contributed by atoms with E-state index in [4.69, 9.17) is 9.73 Å². The number of amidine groups is 1. The highest BCUT2D eigenvalue weighted by Crippen LogP contribution is 2.39. The van der Waals surface area contributed by atoms with Gasteiger partial charge in [0.25, 0.3) is 0 Å². The molecule has 0 N–H and O–H groups in total. The molecule has 0 bridgehead atoms. The van der Waals surface area contributed by atoms with Crippen molar-refractivity contribution in [1.82, 2.24) is 9.47 Å². The molecule has 0 spiro atoms. The van der Waals surface area contributed by atoms with Gasteiger partial charge in [0.2, 0.25) is 0 Å². The standard InChI is InChI=1S/C25H31N3O2/c1-4-24(27-13-15-30-16-14-27)26-25-22(17-29)21-7-5-6-8-23(21)28(25)20-11-9-19(10-12-20)18(2)3/h5-8,11,17,19H,2,4,9-10,12-16H2,1,3H3/b26-24+. The summed E-state index contributed by atoms with van der Waals surface area (Å²) in [5.41, 5.74) is 4.20. The van der Waals surface area contributed by atoms with E-state index < -0.39 is 0 Å². The number of carbonyl (C=O) groups excluding carboxylic acids is 1. The van der Waals surface area contributed by atoms with Gasteiger partial charge in [0.05, 0.1) is 24.3 Å². The predicted octanol–water partition coefficient (Wildman–Crippen LogP) is 5.44. The van der Waals surface area contributed by atoms with Gasteiger partial charge in [-0.15, -0.1) is 0 Å². The molecule has 5 nitrogen and oxygen atoms in total. The summed E-state index contributed by atoms with van der Waals surface area (Å²) in [6.07, 6.45) is 7.11. The third kappa shape index (κ3) is 3.86. The number of aldehydes is 1. The molecule has 2 aromatic rings.